The summed E-state index contributed by atoms with van der Waals surface area (Å²) in [7, 11) is 0. The third-order valence-electron chi connectivity index (χ3n) is 4.91. The quantitative estimate of drug-likeness (QED) is 0.912. The number of hydrogen-bond donors (Lipinski definition) is 1. The second-order valence-electron chi connectivity index (χ2n) is 6.80. The van der Waals surface area contributed by atoms with E-state index in [2.05, 4.69) is 22.3 Å². The van der Waals surface area contributed by atoms with Crippen molar-refractivity contribution in [3.05, 3.63) is 48.5 Å². The molecule has 2 aromatic rings. The van der Waals surface area contributed by atoms with Crippen molar-refractivity contribution in [3.8, 4) is 11.5 Å². The maximum absolute atomic E-state index is 12.5. The van der Waals surface area contributed by atoms with Gasteiger partial charge in [0.2, 0.25) is 6.10 Å². The number of amides is 1. The molecule has 0 aromatic heterocycles. The summed E-state index contributed by atoms with van der Waals surface area (Å²) in [6.45, 7) is 2.44. The molecule has 5 nitrogen and oxygen atoms in total. The summed E-state index contributed by atoms with van der Waals surface area (Å²) in [6.07, 6.45) is 4.49. The summed E-state index contributed by atoms with van der Waals surface area (Å²) >= 11 is 0. The van der Waals surface area contributed by atoms with Crippen molar-refractivity contribution in [2.75, 3.05) is 29.9 Å². The van der Waals surface area contributed by atoms with Gasteiger partial charge in [-0.2, -0.15) is 0 Å². The lowest BCUT2D eigenvalue weighted by Crippen LogP contribution is -2.40. The minimum atomic E-state index is -0.643. The lowest BCUT2D eigenvalue weighted by Gasteiger charge is -2.26. The summed E-state index contributed by atoms with van der Waals surface area (Å²) in [5.74, 6) is 1.09. The zero-order chi connectivity index (χ0) is 17.8. The number of hydrogen-bond acceptors (Lipinski definition) is 4. The smallest absolute Gasteiger partial charge is 0.269 e. The molecule has 1 amide bonds. The molecule has 136 valence electrons. The van der Waals surface area contributed by atoms with Gasteiger partial charge in [-0.05, 0) is 49.2 Å². The Morgan fingerprint density at radius 3 is 2.35 bits per heavy atom. The Balaban J connectivity index is 1.37. The Bertz CT molecular complexity index is 752. The zero-order valence-electron chi connectivity index (χ0n) is 14.8. The van der Waals surface area contributed by atoms with Gasteiger partial charge in [0, 0.05) is 24.5 Å². The Labute approximate surface area is 153 Å². The third-order valence-corrected chi connectivity index (χ3v) is 4.91. The Morgan fingerprint density at radius 1 is 0.923 bits per heavy atom. The lowest BCUT2D eigenvalue weighted by molar-refractivity contribution is -0.125. The van der Waals surface area contributed by atoms with E-state index < -0.39 is 6.10 Å². The molecular formula is C21H24N2O3. The second-order valence-corrected chi connectivity index (χ2v) is 6.80. The first-order valence-electron chi connectivity index (χ1n) is 9.34. The van der Waals surface area contributed by atoms with Crippen LogP contribution in [0.1, 0.15) is 25.7 Å². The summed E-state index contributed by atoms with van der Waals surface area (Å²) in [5.41, 5.74) is 1.99. The van der Waals surface area contributed by atoms with Crippen LogP contribution in [0, 0.1) is 0 Å². The number of fused-ring (bicyclic) bond motifs is 1. The van der Waals surface area contributed by atoms with E-state index >= 15 is 0 Å². The molecule has 1 fully saturated rings. The highest BCUT2D eigenvalue weighted by atomic mass is 16.6. The van der Waals surface area contributed by atoms with Gasteiger partial charge >= 0.3 is 0 Å². The van der Waals surface area contributed by atoms with E-state index in [1.807, 2.05) is 36.4 Å². The highest BCUT2D eigenvalue weighted by Crippen LogP contribution is 2.31. The third kappa shape index (κ3) is 3.77. The van der Waals surface area contributed by atoms with Gasteiger partial charge < -0.3 is 19.7 Å². The standard InChI is InChI=1S/C21H24N2O3/c24-21(20-15-25-18-7-3-4-8-19(18)26-20)22-16-9-11-17(12-10-16)23-13-5-1-2-6-14-23/h3-4,7-12,20H,1-2,5-6,13-15H2,(H,22,24). The predicted octanol–water partition coefficient (Wildman–Crippen LogP) is 3.85. The van der Waals surface area contributed by atoms with Crippen molar-refractivity contribution < 1.29 is 14.3 Å². The van der Waals surface area contributed by atoms with Crippen LogP contribution < -0.4 is 19.7 Å². The van der Waals surface area contributed by atoms with Gasteiger partial charge in [-0.3, -0.25) is 4.79 Å². The van der Waals surface area contributed by atoms with Gasteiger partial charge in [0.15, 0.2) is 11.5 Å². The number of carbonyl (C=O) groups is 1. The molecule has 2 aliphatic heterocycles. The highest BCUT2D eigenvalue weighted by Gasteiger charge is 2.27. The number of rotatable bonds is 3. The Morgan fingerprint density at radius 2 is 1.62 bits per heavy atom. The van der Waals surface area contributed by atoms with E-state index in [1.165, 1.54) is 31.4 Å². The first-order chi connectivity index (χ1) is 12.8. The number of anilines is 2. The van der Waals surface area contributed by atoms with E-state index in [-0.39, 0.29) is 12.5 Å². The van der Waals surface area contributed by atoms with Crippen LogP contribution in [0.5, 0.6) is 11.5 Å². The largest absolute Gasteiger partial charge is 0.485 e. The molecule has 2 aliphatic rings. The molecule has 2 heterocycles. The molecule has 0 bridgehead atoms. The van der Waals surface area contributed by atoms with Gasteiger partial charge in [-0.25, -0.2) is 0 Å². The average molecular weight is 352 g/mol. The molecule has 2 aromatic carbocycles. The fourth-order valence-corrected chi connectivity index (χ4v) is 3.46. The number of benzene rings is 2. The molecule has 1 atom stereocenters. The van der Waals surface area contributed by atoms with Crippen LogP contribution in [0.15, 0.2) is 48.5 Å². The van der Waals surface area contributed by atoms with E-state index in [1.54, 1.807) is 0 Å². The van der Waals surface area contributed by atoms with Crippen LogP contribution in [0.3, 0.4) is 0 Å². The van der Waals surface area contributed by atoms with Crippen molar-refractivity contribution in [1.82, 2.24) is 0 Å². The minimum absolute atomic E-state index is 0.193. The number of ether oxygens (including phenoxy) is 2. The van der Waals surface area contributed by atoms with Gasteiger partial charge in [-0.1, -0.05) is 25.0 Å². The summed E-state index contributed by atoms with van der Waals surface area (Å²) < 4.78 is 11.4. The molecule has 5 heteroatoms. The zero-order valence-corrected chi connectivity index (χ0v) is 14.8. The van der Waals surface area contributed by atoms with Gasteiger partial charge in [0.1, 0.15) is 6.61 Å². The maximum atomic E-state index is 12.5. The number of nitrogens with one attached hydrogen (secondary N) is 1. The molecular weight excluding hydrogens is 328 g/mol. The monoisotopic (exact) mass is 352 g/mol. The van der Waals surface area contributed by atoms with Crippen molar-refractivity contribution >= 4 is 17.3 Å². The van der Waals surface area contributed by atoms with E-state index in [0.29, 0.717) is 11.5 Å². The maximum Gasteiger partial charge on any atom is 0.269 e. The molecule has 0 spiro atoms. The normalized spacial score (nSPS) is 19.5. The topological polar surface area (TPSA) is 50.8 Å². The fourth-order valence-electron chi connectivity index (χ4n) is 3.46. The van der Waals surface area contributed by atoms with E-state index in [0.717, 1.165) is 18.8 Å². The summed E-state index contributed by atoms with van der Waals surface area (Å²) in [6, 6.07) is 15.5. The van der Waals surface area contributed by atoms with Gasteiger partial charge in [-0.15, -0.1) is 0 Å². The van der Waals surface area contributed by atoms with Crippen LogP contribution in [-0.4, -0.2) is 31.7 Å². The van der Waals surface area contributed by atoms with Crippen LogP contribution in [0.4, 0.5) is 11.4 Å². The first-order valence-corrected chi connectivity index (χ1v) is 9.34. The summed E-state index contributed by atoms with van der Waals surface area (Å²) in [4.78, 5) is 14.9. The summed E-state index contributed by atoms with van der Waals surface area (Å²) in [5, 5.41) is 2.92. The van der Waals surface area contributed by atoms with Crippen molar-refractivity contribution in [3.63, 3.8) is 0 Å². The van der Waals surface area contributed by atoms with Gasteiger partial charge in [0.25, 0.3) is 5.91 Å². The molecule has 1 N–H and O–H groups in total. The van der Waals surface area contributed by atoms with Gasteiger partial charge in [0.05, 0.1) is 0 Å². The molecule has 1 saturated heterocycles. The Hall–Kier alpha value is -2.69. The molecule has 0 saturated carbocycles. The fraction of sp³-hybridized carbons (Fsp3) is 0.381. The second kappa shape index (κ2) is 7.68. The van der Waals surface area contributed by atoms with Crippen LogP contribution in [-0.2, 0) is 4.79 Å². The Kier molecular flexibility index (Phi) is 4.95. The molecule has 4 rings (SSSR count). The lowest BCUT2D eigenvalue weighted by atomic mass is 10.2. The minimum Gasteiger partial charge on any atom is -0.485 e. The molecule has 0 radical (unpaired) electrons. The van der Waals surface area contributed by atoms with E-state index in [9.17, 15) is 4.79 Å². The number of carbonyl (C=O) groups excluding carboxylic acids is 1. The molecule has 1 unspecified atom stereocenters. The predicted molar refractivity (Wildman–Crippen MR) is 102 cm³/mol. The number of nitrogens with zero attached hydrogens (tertiary/aromatic N) is 1. The van der Waals surface area contributed by atoms with Crippen molar-refractivity contribution in [2.24, 2.45) is 0 Å². The highest BCUT2D eigenvalue weighted by molar-refractivity contribution is 5.94. The van der Waals surface area contributed by atoms with Crippen LogP contribution >= 0.6 is 0 Å². The van der Waals surface area contributed by atoms with Crippen molar-refractivity contribution in [2.45, 2.75) is 31.8 Å². The first kappa shape index (κ1) is 16.8. The van der Waals surface area contributed by atoms with Crippen molar-refractivity contribution in [1.29, 1.82) is 0 Å². The van der Waals surface area contributed by atoms with Crippen LogP contribution in [0.2, 0.25) is 0 Å². The SMILES string of the molecule is O=C(Nc1ccc(N2CCCCCC2)cc1)C1COc2ccccc2O1. The molecule has 26 heavy (non-hydrogen) atoms. The van der Waals surface area contributed by atoms with Crippen LogP contribution in [0.25, 0.3) is 0 Å². The van der Waals surface area contributed by atoms with E-state index in [4.69, 9.17) is 9.47 Å². The molecule has 0 aliphatic carbocycles. The average Bonchev–Trinajstić information content (AvgIpc) is 2.98. The number of para-hydroxylation sites is 2.